The Kier molecular flexibility index (Phi) is 6.35. The molecule has 0 unspecified atom stereocenters. The van der Waals surface area contributed by atoms with Gasteiger partial charge in [-0.3, -0.25) is 14.9 Å². The van der Waals surface area contributed by atoms with Crippen molar-refractivity contribution in [2.75, 3.05) is 5.75 Å². The highest BCUT2D eigenvalue weighted by Crippen LogP contribution is 2.28. The molecule has 0 bridgehead atoms. The van der Waals surface area contributed by atoms with Gasteiger partial charge in [-0.25, -0.2) is 4.98 Å². The van der Waals surface area contributed by atoms with Gasteiger partial charge in [0.05, 0.1) is 22.6 Å². The molecule has 0 radical (unpaired) electrons. The van der Waals surface area contributed by atoms with Gasteiger partial charge < -0.3 is 9.88 Å². The number of thioether (sulfide) groups is 1. The van der Waals surface area contributed by atoms with Crippen molar-refractivity contribution in [1.29, 1.82) is 0 Å². The first-order chi connectivity index (χ1) is 11.9. The monoisotopic (exact) mass is 360 g/mol. The Morgan fingerprint density at radius 2 is 2.28 bits per heavy atom. The fourth-order valence-corrected chi connectivity index (χ4v) is 3.08. The quantitative estimate of drug-likeness (QED) is 0.338. The van der Waals surface area contributed by atoms with Crippen LogP contribution in [-0.4, -0.2) is 32.2 Å². The zero-order valence-electron chi connectivity index (χ0n) is 14.1. The summed E-state index contributed by atoms with van der Waals surface area (Å²) in [5.74, 6) is 0.186. The van der Waals surface area contributed by atoms with Crippen LogP contribution < -0.4 is 5.32 Å². The van der Waals surface area contributed by atoms with Gasteiger partial charge in [-0.2, -0.15) is 0 Å². The van der Waals surface area contributed by atoms with E-state index in [1.165, 1.54) is 23.9 Å². The number of nitro benzene ring substituents is 1. The largest absolute Gasteiger partial charge is 0.353 e. The SMILES string of the molecule is C=CCn1c(-c2cccc([N+](=O)[O-])c2)cnc1SCC(=O)NC(C)C. The first kappa shape index (κ1) is 18.7. The smallest absolute Gasteiger partial charge is 0.270 e. The summed E-state index contributed by atoms with van der Waals surface area (Å²) in [6.07, 6.45) is 3.38. The van der Waals surface area contributed by atoms with Crippen LogP contribution in [0.2, 0.25) is 0 Å². The maximum atomic E-state index is 11.8. The second kappa shape index (κ2) is 8.48. The van der Waals surface area contributed by atoms with Gasteiger partial charge in [-0.15, -0.1) is 6.58 Å². The molecule has 1 heterocycles. The number of hydrogen-bond donors (Lipinski definition) is 1. The number of carbonyl (C=O) groups is 1. The van der Waals surface area contributed by atoms with Crippen LogP contribution in [0.5, 0.6) is 0 Å². The lowest BCUT2D eigenvalue weighted by molar-refractivity contribution is -0.384. The van der Waals surface area contributed by atoms with Gasteiger partial charge in [0.25, 0.3) is 5.69 Å². The number of nitrogens with zero attached hydrogens (tertiary/aromatic N) is 3. The zero-order valence-corrected chi connectivity index (χ0v) is 15.0. The Morgan fingerprint density at radius 3 is 2.92 bits per heavy atom. The van der Waals surface area contributed by atoms with Crippen LogP contribution in [0.3, 0.4) is 0 Å². The number of amides is 1. The summed E-state index contributed by atoms with van der Waals surface area (Å²) in [4.78, 5) is 26.8. The molecule has 7 nitrogen and oxygen atoms in total. The molecule has 0 atom stereocenters. The average molecular weight is 360 g/mol. The molecular weight excluding hydrogens is 340 g/mol. The van der Waals surface area contributed by atoms with Gasteiger partial charge in [-0.05, 0) is 13.8 Å². The third-order valence-corrected chi connectivity index (χ3v) is 4.26. The number of non-ortho nitro benzene ring substituents is 1. The second-order valence-corrected chi connectivity index (χ2v) is 6.59. The molecule has 132 valence electrons. The molecule has 1 N–H and O–H groups in total. The lowest BCUT2D eigenvalue weighted by Crippen LogP contribution is -2.31. The van der Waals surface area contributed by atoms with Crippen molar-refractivity contribution in [3.63, 3.8) is 0 Å². The van der Waals surface area contributed by atoms with Crippen molar-refractivity contribution in [3.8, 4) is 11.3 Å². The number of carbonyl (C=O) groups excluding carboxylic acids is 1. The predicted octanol–water partition coefficient (Wildman–Crippen LogP) is 3.26. The van der Waals surface area contributed by atoms with Gasteiger partial charge in [0.15, 0.2) is 5.16 Å². The zero-order chi connectivity index (χ0) is 18.4. The molecule has 1 aromatic carbocycles. The van der Waals surface area contributed by atoms with E-state index in [1.54, 1.807) is 24.4 Å². The Labute approximate surface area is 150 Å². The van der Waals surface area contributed by atoms with E-state index in [2.05, 4.69) is 16.9 Å². The Morgan fingerprint density at radius 1 is 1.52 bits per heavy atom. The maximum absolute atomic E-state index is 11.8. The number of imidazole rings is 1. The van der Waals surface area contributed by atoms with Crippen LogP contribution in [0.25, 0.3) is 11.3 Å². The maximum Gasteiger partial charge on any atom is 0.270 e. The summed E-state index contributed by atoms with van der Waals surface area (Å²) in [5, 5.41) is 14.5. The van der Waals surface area contributed by atoms with Crippen molar-refractivity contribution < 1.29 is 9.72 Å². The second-order valence-electron chi connectivity index (χ2n) is 5.64. The Balaban J connectivity index is 2.27. The molecule has 0 fully saturated rings. The lowest BCUT2D eigenvalue weighted by atomic mass is 10.1. The third-order valence-electron chi connectivity index (χ3n) is 3.27. The summed E-state index contributed by atoms with van der Waals surface area (Å²) in [7, 11) is 0. The van der Waals surface area contributed by atoms with Crippen molar-refractivity contribution >= 4 is 23.4 Å². The molecule has 1 amide bonds. The van der Waals surface area contributed by atoms with Crippen molar-refractivity contribution in [1.82, 2.24) is 14.9 Å². The molecule has 0 aliphatic heterocycles. The number of allylic oxidation sites excluding steroid dienone is 1. The lowest BCUT2D eigenvalue weighted by Gasteiger charge is -2.11. The highest BCUT2D eigenvalue weighted by molar-refractivity contribution is 7.99. The highest BCUT2D eigenvalue weighted by atomic mass is 32.2. The minimum atomic E-state index is -0.427. The van der Waals surface area contributed by atoms with Crippen LogP contribution >= 0.6 is 11.8 Å². The first-order valence-corrected chi connectivity index (χ1v) is 8.74. The summed E-state index contributed by atoms with van der Waals surface area (Å²) >= 11 is 1.32. The van der Waals surface area contributed by atoms with Gasteiger partial charge >= 0.3 is 0 Å². The standard InChI is InChI=1S/C17H20N4O3S/c1-4-8-20-15(13-6-5-7-14(9-13)21(23)24)10-18-17(20)25-11-16(22)19-12(2)3/h4-7,9-10,12H,1,8,11H2,2-3H3,(H,19,22). The molecule has 8 heteroatoms. The molecule has 0 aliphatic carbocycles. The molecule has 0 spiro atoms. The van der Waals surface area contributed by atoms with Crippen LogP contribution in [0.1, 0.15) is 13.8 Å². The molecule has 1 aromatic heterocycles. The minimum absolute atomic E-state index is 0.0226. The van der Waals surface area contributed by atoms with Crippen LogP contribution in [0.15, 0.2) is 48.3 Å². The fraction of sp³-hybridized carbons (Fsp3) is 0.294. The molecule has 0 aliphatic rings. The van der Waals surface area contributed by atoms with Gasteiger partial charge in [-0.1, -0.05) is 30.0 Å². The molecule has 0 saturated carbocycles. The Bertz CT molecular complexity index is 786. The van der Waals surface area contributed by atoms with Gasteiger partial charge in [0.1, 0.15) is 0 Å². The highest BCUT2D eigenvalue weighted by Gasteiger charge is 2.15. The number of hydrogen-bond acceptors (Lipinski definition) is 5. The van der Waals surface area contributed by atoms with Gasteiger partial charge in [0.2, 0.25) is 5.91 Å². The van der Waals surface area contributed by atoms with Crippen LogP contribution in [0, 0.1) is 10.1 Å². The molecule has 2 aromatic rings. The predicted molar refractivity (Wildman–Crippen MR) is 98.5 cm³/mol. The number of benzene rings is 1. The summed E-state index contributed by atoms with van der Waals surface area (Å²) in [5.41, 5.74) is 1.46. The molecule has 2 rings (SSSR count). The van der Waals surface area contributed by atoms with E-state index in [0.29, 0.717) is 17.3 Å². The number of nitro groups is 1. The van der Waals surface area contributed by atoms with E-state index < -0.39 is 4.92 Å². The third kappa shape index (κ3) is 4.93. The van der Waals surface area contributed by atoms with Gasteiger partial charge in [0, 0.05) is 30.3 Å². The number of rotatable bonds is 8. The molecular formula is C17H20N4O3S. The number of aromatic nitrogens is 2. The van der Waals surface area contributed by atoms with E-state index >= 15 is 0 Å². The van der Waals surface area contributed by atoms with Crippen molar-refractivity contribution in [2.24, 2.45) is 0 Å². The van der Waals surface area contributed by atoms with E-state index in [9.17, 15) is 14.9 Å². The van der Waals surface area contributed by atoms with E-state index in [1.807, 2.05) is 18.4 Å². The van der Waals surface area contributed by atoms with E-state index in [0.717, 1.165) is 5.69 Å². The van der Waals surface area contributed by atoms with E-state index in [4.69, 9.17) is 0 Å². The number of nitrogens with one attached hydrogen (secondary N) is 1. The summed E-state index contributed by atoms with van der Waals surface area (Å²) in [6, 6.07) is 6.48. The summed E-state index contributed by atoms with van der Waals surface area (Å²) in [6.45, 7) is 8.05. The average Bonchev–Trinajstić information content (AvgIpc) is 2.95. The fourth-order valence-electron chi connectivity index (χ4n) is 2.28. The first-order valence-electron chi connectivity index (χ1n) is 7.75. The topological polar surface area (TPSA) is 90.1 Å². The minimum Gasteiger partial charge on any atom is -0.353 e. The van der Waals surface area contributed by atoms with Crippen molar-refractivity contribution in [2.45, 2.75) is 31.6 Å². The normalized spacial score (nSPS) is 10.7. The summed E-state index contributed by atoms with van der Waals surface area (Å²) < 4.78 is 1.89. The molecule has 0 saturated heterocycles. The Hall–Kier alpha value is -2.61. The van der Waals surface area contributed by atoms with E-state index in [-0.39, 0.29) is 23.4 Å². The molecule has 25 heavy (non-hydrogen) atoms. The van der Waals surface area contributed by atoms with Crippen molar-refractivity contribution in [3.05, 3.63) is 53.2 Å². The van der Waals surface area contributed by atoms with Crippen LogP contribution in [0.4, 0.5) is 5.69 Å². The van der Waals surface area contributed by atoms with Crippen LogP contribution in [-0.2, 0) is 11.3 Å².